The molecule has 3 rings (SSSR count). The van der Waals surface area contributed by atoms with E-state index in [4.69, 9.17) is 23.2 Å². The first-order chi connectivity index (χ1) is 12.9. The van der Waals surface area contributed by atoms with Gasteiger partial charge in [-0.15, -0.1) is 0 Å². The molecule has 0 bridgehead atoms. The van der Waals surface area contributed by atoms with E-state index in [0.29, 0.717) is 27.7 Å². The lowest BCUT2D eigenvalue weighted by atomic mass is 9.78. The summed E-state index contributed by atoms with van der Waals surface area (Å²) in [4.78, 5) is 28.9. The van der Waals surface area contributed by atoms with Crippen LogP contribution in [-0.4, -0.2) is 54.3 Å². The Morgan fingerprint density at radius 3 is 2.63 bits per heavy atom. The second-order valence-electron chi connectivity index (χ2n) is 7.69. The molecule has 0 spiro atoms. The van der Waals surface area contributed by atoms with E-state index in [1.54, 1.807) is 30.1 Å². The van der Waals surface area contributed by atoms with Gasteiger partial charge in [-0.25, -0.2) is 0 Å². The number of fused-ring (bicyclic) bond motifs is 1. The minimum atomic E-state index is -0.183. The van der Waals surface area contributed by atoms with Gasteiger partial charge < -0.3 is 10.2 Å². The summed E-state index contributed by atoms with van der Waals surface area (Å²) in [5.41, 5.74) is 0.593. The van der Waals surface area contributed by atoms with Crippen molar-refractivity contribution in [2.75, 3.05) is 32.0 Å². The zero-order chi connectivity index (χ0) is 19.4. The van der Waals surface area contributed by atoms with E-state index in [1.807, 2.05) is 0 Å². The van der Waals surface area contributed by atoms with Crippen molar-refractivity contribution < 1.29 is 9.59 Å². The molecule has 1 saturated heterocycles. The molecule has 1 heterocycles. The van der Waals surface area contributed by atoms with Crippen LogP contribution in [0.15, 0.2) is 18.2 Å². The Labute approximate surface area is 171 Å². The van der Waals surface area contributed by atoms with Gasteiger partial charge in [0.1, 0.15) is 0 Å². The topological polar surface area (TPSA) is 52.7 Å². The van der Waals surface area contributed by atoms with Crippen LogP contribution < -0.4 is 5.32 Å². The van der Waals surface area contributed by atoms with Crippen LogP contribution >= 0.6 is 23.2 Å². The van der Waals surface area contributed by atoms with Gasteiger partial charge in [0.2, 0.25) is 11.8 Å². The molecule has 7 heteroatoms. The molecule has 0 radical (unpaired) electrons. The number of carbonyl (C=O) groups excluding carboxylic acids is 2. The molecule has 2 atom stereocenters. The monoisotopic (exact) mass is 411 g/mol. The minimum Gasteiger partial charge on any atom is -0.338 e. The standard InChI is InChI=1S/C20H27Cl2N3O2/c1-24(12-19(26)23-15-8-9-16(21)17(22)11-15)13-20(27)25-10-4-6-14-5-2-3-7-18(14)25/h8-9,11,14,18H,2-7,10,12-13H2,1H3,(H,23,26)/t14-,18-/m0/s1. The lowest BCUT2D eigenvalue weighted by Crippen LogP contribution is -2.52. The number of rotatable bonds is 5. The number of halogens is 2. The molecule has 0 aromatic heterocycles. The number of likely N-dealkylation sites (tertiary alicyclic amines) is 1. The number of piperidine rings is 1. The van der Waals surface area contributed by atoms with Crippen molar-refractivity contribution in [3.8, 4) is 0 Å². The molecule has 148 valence electrons. The molecule has 5 nitrogen and oxygen atoms in total. The number of nitrogens with one attached hydrogen (secondary N) is 1. The van der Waals surface area contributed by atoms with Crippen LogP contribution in [0.2, 0.25) is 10.0 Å². The third-order valence-corrected chi connectivity index (χ3v) is 6.32. The Morgan fingerprint density at radius 1 is 1.11 bits per heavy atom. The number of hydrogen-bond donors (Lipinski definition) is 1. The number of hydrogen-bond acceptors (Lipinski definition) is 3. The van der Waals surface area contributed by atoms with E-state index in [9.17, 15) is 9.59 Å². The lowest BCUT2D eigenvalue weighted by Gasteiger charge is -2.44. The van der Waals surface area contributed by atoms with E-state index < -0.39 is 0 Å². The third kappa shape index (κ3) is 5.37. The summed E-state index contributed by atoms with van der Waals surface area (Å²) in [6.07, 6.45) is 7.21. The van der Waals surface area contributed by atoms with Gasteiger partial charge in [-0.3, -0.25) is 14.5 Å². The quantitative estimate of drug-likeness (QED) is 0.794. The molecule has 2 fully saturated rings. The SMILES string of the molecule is CN(CC(=O)Nc1ccc(Cl)c(Cl)c1)CC(=O)N1CCC[C@@H]2CCCC[C@@H]21. The van der Waals surface area contributed by atoms with Gasteiger partial charge in [0.05, 0.1) is 23.1 Å². The average Bonchev–Trinajstić information content (AvgIpc) is 2.64. The summed E-state index contributed by atoms with van der Waals surface area (Å²) < 4.78 is 0. The summed E-state index contributed by atoms with van der Waals surface area (Å²) in [5.74, 6) is 0.619. The molecule has 1 saturated carbocycles. The van der Waals surface area contributed by atoms with Gasteiger partial charge in [-0.1, -0.05) is 36.0 Å². The highest BCUT2D eigenvalue weighted by Gasteiger charge is 2.35. The normalized spacial score (nSPS) is 22.4. The van der Waals surface area contributed by atoms with Gasteiger partial charge in [0.25, 0.3) is 0 Å². The van der Waals surface area contributed by atoms with Gasteiger partial charge in [-0.05, 0) is 56.8 Å². The fourth-order valence-electron chi connectivity index (χ4n) is 4.33. The van der Waals surface area contributed by atoms with E-state index in [-0.39, 0.29) is 24.9 Å². The predicted molar refractivity (Wildman–Crippen MR) is 109 cm³/mol. The molecule has 2 amide bonds. The largest absolute Gasteiger partial charge is 0.338 e. The van der Waals surface area contributed by atoms with E-state index >= 15 is 0 Å². The van der Waals surface area contributed by atoms with Crippen LogP contribution in [0.1, 0.15) is 38.5 Å². The summed E-state index contributed by atoms with van der Waals surface area (Å²) in [5, 5.41) is 3.63. The van der Waals surface area contributed by atoms with Crippen LogP contribution in [0.3, 0.4) is 0 Å². The number of carbonyl (C=O) groups is 2. The van der Waals surface area contributed by atoms with E-state index in [2.05, 4.69) is 10.2 Å². The zero-order valence-electron chi connectivity index (χ0n) is 15.7. The summed E-state index contributed by atoms with van der Waals surface area (Å²) in [6, 6.07) is 5.36. The highest BCUT2D eigenvalue weighted by Crippen LogP contribution is 2.35. The highest BCUT2D eigenvalue weighted by atomic mass is 35.5. The van der Waals surface area contributed by atoms with Gasteiger partial charge in [0, 0.05) is 18.3 Å². The Kier molecular flexibility index (Phi) is 7.01. The van der Waals surface area contributed by atoms with Crippen LogP contribution in [0, 0.1) is 5.92 Å². The average molecular weight is 412 g/mol. The number of benzene rings is 1. The molecule has 1 aliphatic heterocycles. The number of nitrogens with zero attached hydrogens (tertiary/aromatic N) is 2. The molecule has 27 heavy (non-hydrogen) atoms. The fraction of sp³-hybridized carbons (Fsp3) is 0.600. The van der Waals surface area contributed by atoms with Crippen LogP contribution in [0.5, 0.6) is 0 Å². The molecular weight excluding hydrogens is 385 g/mol. The number of likely N-dealkylation sites (N-methyl/N-ethyl adjacent to an activating group) is 1. The maximum absolute atomic E-state index is 12.8. The van der Waals surface area contributed by atoms with Crippen molar-refractivity contribution in [2.24, 2.45) is 5.92 Å². The smallest absolute Gasteiger partial charge is 0.238 e. The maximum Gasteiger partial charge on any atom is 0.238 e. The first-order valence-electron chi connectivity index (χ1n) is 9.67. The first kappa shape index (κ1) is 20.4. The van der Waals surface area contributed by atoms with Crippen molar-refractivity contribution in [2.45, 2.75) is 44.6 Å². The third-order valence-electron chi connectivity index (χ3n) is 5.59. The summed E-state index contributed by atoms with van der Waals surface area (Å²) in [6.45, 7) is 1.26. The number of anilines is 1. The Morgan fingerprint density at radius 2 is 1.85 bits per heavy atom. The van der Waals surface area contributed by atoms with Crippen LogP contribution in [0.4, 0.5) is 5.69 Å². The molecule has 1 aromatic carbocycles. The van der Waals surface area contributed by atoms with Gasteiger partial charge in [-0.2, -0.15) is 0 Å². The van der Waals surface area contributed by atoms with E-state index in [1.165, 1.54) is 25.7 Å². The zero-order valence-corrected chi connectivity index (χ0v) is 17.2. The van der Waals surface area contributed by atoms with Crippen molar-refractivity contribution in [3.05, 3.63) is 28.2 Å². The van der Waals surface area contributed by atoms with Gasteiger partial charge >= 0.3 is 0 Å². The van der Waals surface area contributed by atoms with Crippen LogP contribution in [-0.2, 0) is 9.59 Å². The second kappa shape index (κ2) is 9.26. The Hall–Kier alpha value is -1.30. The van der Waals surface area contributed by atoms with Gasteiger partial charge in [0.15, 0.2) is 0 Å². The second-order valence-corrected chi connectivity index (χ2v) is 8.51. The Bertz CT molecular complexity index is 696. The predicted octanol–water partition coefficient (Wildman–Crippen LogP) is 4.04. The maximum atomic E-state index is 12.8. The minimum absolute atomic E-state index is 0.136. The molecule has 1 N–H and O–H groups in total. The molecule has 2 aliphatic rings. The molecular formula is C20H27Cl2N3O2. The number of amides is 2. The summed E-state index contributed by atoms with van der Waals surface area (Å²) in [7, 11) is 1.80. The molecule has 0 unspecified atom stereocenters. The lowest BCUT2D eigenvalue weighted by molar-refractivity contribution is -0.138. The van der Waals surface area contributed by atoms with Crippen LogP contribution in [0.25, 0.3) is 0 Å². The molecule has 1 aromatic rings. The highest BCUT2D eigenvalue weighted by molar-refractivity contribution is 6.42. The summed E-state index contributed by atoms with van der Waals surface area (Å²) >= 11 is 11.9. The van der Waals surface area contributed by atoms with E-state index in [0.717, 1.165) is 19.4 Å². The van der Waals surface area contributed by atoms with Crippen molar-refractivity contribution in [1.29, 1.82) is 0 Å². The van der Waals surface area contributed by atoms with Crippen molar-refractivity contribution in [3.63, 3.8) is 0 Å². The van der Waals surface area contributed by atoms with Crippen molar-refractivity contribution >= 4 is 40.7 Å². The fourth-order valence-corrected chi connectivity index (χ4v) is 4.63. The molecule has 1 aliphatic carbocycles. The van der Waals surface area contributed by atoms with Crippen molar-refractivity contribution in [1.82, 2.24) is 9.80 Å². The Balaban J connectivity index is 1.50. The first-order valence-corrected chi connectivity index (χ1v) is 10.4.